The largest absolute Gasteiger partial charge is 0.326 e. The molecular weight excluding hydrogens is 293 g/mol. The van der Waals surface area contributed by atoms with Crippen LogP contribution >= 0.6 is 23.2 Å². The molecule has 20 heavy (non-hydrogen) atoms. The van der Waals surface area contributed by atoms with E-state index >= 15 is 0 Å². The van der Waals surface area contributed by atoms with E-state index in [9.17, 15) is 0 Å². The first kappa shape index (κ1) is 13.9. The highest BCUT2D eigenvalue weighted by atomic mass is 35.5. The molecule has 1 N–H and O–H groups in total. The first-order chi connectivity index (χ1) is 9.66. The zero-order chi connectivity index (χ0) is 14.1. The van der Waals surface area contributed by atoms with Crippen LogP contribution in [-0.4, -0.2) is 16.1 Å². The molecule has 5 heteroatoms. The minimum atomic E-state index is 0.139. The van der Waals surface area contributed by atoms with E-state index in [-0.39, 0.29) is 6.04 Å². The van der Waals surface area contributed by atoms with Crippen LogP contribution in [0.5, 0.6) is 0 Å². The molecular formula is C15H17Cl2N3. The fourth-order valence-corrected chi connectivity index (χ4v) is 3.40. The van der Waals surface area contributed by atoms with Crippen molar-refractivity contribution in [3.8, 4) is 0 Å². The summed E-state index contributed by atoms with van der Waals surface area (Å²) in [5.74, 6) is 0. The van der Waals surface area contributed by atoms with Crippen molar-refractivity contribution < 1.29 is 0 Å². The number of hydrogen-bond acceptors (Lipinski definition) is 2. The van der Waals surface area contributed by atoms with E-state index in [1.54, 1.807) is 6.07 Å². The molecule has 1 fully saturated rings. The van der Waals surface area contributed by atoms with Crippen LogP contribution in [0, 0.1) is 0 Å². The molecule has 1 aliphatic rings. The fourth-order valence-electron chi connectivity index (χ4n) is 2.84. The van der Waals surface area contributed by atoms with E-state index < -0.39 is 0 Å². The third-order valence-electron chi connectivity index (χ3n) is 3.94. The van der Waals surface area contributed by atoms with Gasteiger partial charge in [0.25, 0.3) is 0 Å². The van der Waals surface area contributed by atoms with Gasteiger partial charge in [-0.2, -0.15) is 0 Å². The van der Waals surface area contributed by atoms with E-state index in [2.05, 4.69) is 21.8 Å². The van der Waals surface area contributed by atoms with Crippen molar-refractivity contribution in [2.75, 3.05) is 6.54 Å². The summed E-state index contributed by atoms with van der Waals surface area (Å²) >= 11 is 12.3. The second-order valence-electron chi connectivity index (χ2n) is 5.22. The first-order valence-electron chi connectivity index (χ1n) is 6.87. The lowest BCUT2D eigenvalue weighted by molar-refractivity contribution is 0.538. The Morgan fingerprint density at radius 2 is 2.25 bits per heavy atom. The van der Waals surface area contributed by atoms with Gasteiger partial charge in [-0.3, -0.25) is 0 Å². The molecule has 0 amide bonds. The van der Waals surface area contributed by atoms with Crippen LogP contribution in [0.25, 0.3) is 0 Å². The molecule has 0 saturated carbocycles. The molecule has 1 aliphatic heterocycles. The predicted molar refractivity (Wildman–Crippen MR) is 82.5 cm³/mol. The molecule has 1 aromatic carbocycles. The normalized spacial score (nSPS) is 20.2. The quantitative estimate of drug-likeness (QED) is 0.919. The number of nitrogens with one attached hydrogen (secondary N) is 1. The number of imidazole rings is 1. The van der Waals surface area contributed by atoms with Crippen molar-refractivity contribution in [2.45, 2.75) is 31.8 Å². The summed E-state index contributed by atoms with van der Waals surface area (Å²) in [5.41, 5.74) is 2.29. The van der Waals surface area contributed by atoms with Gasteiger partial charge < -0.3 is 9.88 Å². The van der Waals surface area contributed by atoms with E-state index in [0.717, 1.165) is 18.5 Å². The monoisotopic (exact) mass is 309 g/mol. The average Bonchev–Trinajstić information content (AvgIpc) is 3.09. The number of benzene rings is 1. The summed E-state index contributed by atoms with van der Waals surface area (Å²) in [5, 5.41) is 4.87. The SMILES string of the molecule is CC(c1ccc(Cl)cc1Cl)n1cncc1C1CCCN1. The molecule has 2 unspecified atom stereocenters. The molecule has 2 heterocycles. The van der Waals surface area contributed by atoms with Gasteiger partial charge in [-0.1, -0.05) is 29.3 Å². The molecule has 0 aliphatic carbocycles. The van der Waals surface area contributed by atoms with Gasteiger partial charge >= 0.3 is 0 Å². The molecule has 0 radical (unpaired) electrons. The van der Waals surface area contributed by atoms with Crippen LogP contribution in [0.4, 0.5) is 0 Å². The molecule has 0 bridgehead atoms. The molecule has 1 saturated heterocycles. The number of nitrogens with zero attached hydrogens (tertiary/aromatic N) is 2. The smallest absolute Gasteiger partial charge is 0.0954 e. The molecule has 1 aromatic heterocycles. The van der Waals surface area contributed by atoms with Crippen LogP contribution in [0.2, 0.25) is 10.0 Å². The van der Waals surface area contributed by atoms with Crippen LogP contribution in [0.15, 0.2) is 30.7 Å². The topological polar surface area (TPSA) is 29.9 Å². The standard InChI is InChI=1S/C15H17Cl2N3/c1-10(12-5-4-11(16)7-13(12)17)20-9-18-8-15(20)14-3-2-6-19-14/h4-5,7-10,14,19H,2-3,6H2,1H3. The third-order valence-corrected chi connectivity index (χ3v) is 4.51. The maximum Gasteiger partial charge on any atom is 0.0954 e. The van der Waals surface area contributed by atoms with E-state index in [4.69, 9.17) is 23.2 Å². The Labute approximate surface area is 128 Å². The minimum absolute atomic E-state index is 0.139. The summed E-state index contributed by atoms with van der Waals surface area (Å²) in [6.45, 7) is 3.21. The van der Waals surface area contributed by atoms with Crippen LogP contribution < -0.4 is 5.32 Å². The van der Waals surface area contributed by atoms with Crippen molar-refractivity contribution in [1.29, 1.82) is 0 Å². The van der Waals surface area contributed by atoms with Crippen molar-refractivity contribution in [2.24, 2.45) is 0 Å². The summed E-state index contributed by atoms with van der Waals surface area (Å²) in [4.78, 5) is 4.31. The molecule has 106 valence electrons. The van der Waals surface area contributed by atoms with Gasteiger partial charge in [-0.05, 0) is 44.0 Å². The second kappa shape index (κ2) is 5.76. The molecule has 3 rings (SSSR count). The highest BCUT2D eigenvalue weighted by Crippen LogP contribution is 2.32. The average molecular weight is 310 g/mol. The maximum atomic E-state index is 6.32. The maximum absolute atomic E-state index is 6.32. The molecule has 2 aromatic rings. The van der Waals surface area contributed by atoms with Crippen molar-refractivity contribution in [3.05, 3.63) is 52.0 Å². The van der Waals surface area contributed by atoms with Gasteiger partial charge in [0.15, 0.2) is 0 Å². The van der Waals surface area contributed by atoms with Crippen LogP contribution in [-0.2, 0) is 0 Å². The summed E-state index contributed by atoms with van der Waals surface area (Å²) in [6.07, 6.45) is 6.20. The van der Waals surface area contributed by atoms with Crippen molar-refractivity contribution >= 4 is 23.2 Å². The van der Waals surface area contributed by atoms with Crippen molar-refractivity contribution in [3.63, 3.8) is 0 Å². The van der Waals surface area contributed by atoms with Gasteiger partial charge in [0.05, 0.1) is 18.1 Å². The van der Waals surface area contributed by atoms with Crippen molar-refractivity contribution in [1.82, 2.24) is 14.9 Å². The third kappa shape index (κ3) is 2.58. The molecule has 0 spiro atoms. The Bertz CT molecular complexity index is 603. The Balaban J connectivity index is 1.94. The van der Waals surface area contributed by atoms with Crippen LogP contribution in [0.3, 0.4) is 0 Å². The number of hydrogen-bond donors (Lipinski definition) is 1. The van der Waals surface area contributed by atoms with Crippen LogP contribution in [0.1, 0.15) is 43.1 Å². The Kier molecular flexibility index (Phi) is 4.01. The minimum Gasteiger partial charge on any atom is -0.326 e. The lowest BCUT2D eigenvalue weighted by atomic mass is 10.1. The summed E-state index contributed by atoms with van der Waals surface area (Å²) < 4.78 is 2.19. The van der Waals surface area contributed by atoms with E-state index in [0.29, 0.717) is 16.1 Å². The zero-order valence-corrected chi connectivity index (χ0v) is 12.8. The Morgan fingerprint density at radius 1 is 1.40 bits per heavy atom. The number of rotatable bonds is 3. The first-order valence-corrected chi connectivity index (χ1v) is 7.62. The Morgan fingerprint density at radius 3 is 2.95 bits per heavy atom. The Hall–Kier alpha value is -1.03. The number of halogens is 2. The van der Waals surface area contributed by atoms with E-state index in [1.807, 2.05) is 24.7 Å². The number of aromatic nitrogens is 2. The molecule has 2 atom stereocenters. The lowest BCUT2D eigenvalue weighted by Crippen LogP contribution is -2.19. The summed E-state index contributed by atoms with van der Waals surface area (Å²) in [6, 6.07) is 6.19. The van der Waals surface area contributed by atoms with Gasteiger partial charge in [0, 0.05) is 22.3 Å². The van der Waals surface area contributed by atoms with Gasteiger partial charge in [-0.25, -0.2) is 4.98 Å². The van der Waals surface area contributed by atoms with Gasteiger partial charge in [0.1, 0.15) is 0 Å². The predicted octanol–water partition coefficient (Wildman–Crippen LogP) is 4.22. The van der Waals surface area contributed by atoms with Gasteiger partial charge in [-0.15, -0.1) is 0 Å². The van der Waals surface area contributed by atoms with Gasteiger partial charge in [0.2, 0.25) is 0 Å². The highest BCUT2D eigenvalue weighted by molar-refractivity contribution is 6.35. The fraction of sp³-hybridized carbons (Fsp3) is 0.400. The second-order valence-corrected chi connectivity index (χ2v) is 6.06. The lowest BCUT2D eigenvalue weighted by Gasteiger charge is -2.21. The summed E-state index contributed by atoms with van der Waals surface area (Å²) in [7, 11) is 0. The highest BCUT2D eigenvalue weighted by Gasteiger charge is 2.22. The zero-order valence-electron chi connectivity index (χ0n) is 11.3. The molecule has 3 nitrogen and oxygen atoms in total. The van der Waals surface area contributed by atoms with E-state index in [1.165, 1.54) is 12.1 Å².